The molecule has 4 aromatic rings. The summed E-state index contributed by atoms with van der Waals surface area (Å²) < 4.78 is 7.34. The van der Waals surface area contributed by atoms with E-state index in [4.69, 9.17) is 4.74 Å². The van der Waals surface area contributed by atoms with Crippen LogP contribution in [0.1, 0.15) is 22.8 Å². The highest BCUT2D eigenvalue weighted by Gasteiger charge is 2.07. The normalized spacial score (nSPS) is 10.9. The van der Waals surface area contributed by atoms with Gasteiger partial charge in [0.05, 0.1) is 7.11 Å². The number of carbonyl (C=O) groups excluding carboxylic acids is 1. The maximum absolute atomic E-state index is 11.4. The lowest BCUT2D eigenvalue weighted by Crippen LogP contribution is -2.00. The molecule has 4 nitrogen and oxygen atoms in total. The Morgan fingerprint density at radius 2 is 1.74 bits per heavy atom. The number of nitrogens with zero attached hydrogens (tertiary/aromatic N) is 2. The van der Waals surface area contributed by atoms with Crippen molar-refractivity contribution in [3.63, 3.8) is 0 Å². The average molecular weight is 356 g/mol. The number of Topliss-reactive ketones (excluding diaryl/α,β-unsaturated/α-hetero) is 1. The first kappa shape index (κ1) is 17.0. The van der Waals surface area contributed by atoms with E-state index in [0.29, 0.717) is 0 Å². The molecule has 0 spiro atoms. The third-order valence-electron chi connectivity index (χ3n) is 4.74. The van der Waals surface area contributed by atoms with Crippen molar-refractivity contribution in [3.8, 4) is 16.9 Å². The fourth-order valence-corrected chi connectivity index (χ4v) is 3.19. The third-order valence-corrected chi connectivity index (χ3v) is 4.74. The predicted octanol–water partition coefficient (Wildman–Crippen LogP) is 4.96. The van der Waals surface area contributed by atoms with E-state index >= 15 is 0 Å². The highest BCUT2D eigenvalue weighted by molar-refractivity contribution is 5.94. The number of hydrogen-bond acceptors (Lipinski definition) is 3. The van der Waals surface area contributed by atoms with Crippen LogP contribution < -0.4 is 4.74 Å². The number of fused-ring (bicyclic) bond motifs is 1. The van der Waals surface area contributed by atoms with Gasteiger partial charge in [-0.05, 0) is 42.3 Å². The standard InChI is InChI=1S/C23H20N2O2/c1-16(26)18-5-3-17(4-6-18)15-25-12-11-20-13-21(14-24-23(20)25)19-7-9-22(27-2)10-8-19/h3-14H,15H2,1-2H3. The zero-order chi connectivity index (χ0) is 18.8. The Bertz CT molecular complexity index is 1090. The van der Waals surface area contributed by atoms with Gasteiger partial charge in [-0.2, -0.15) is 0 Å². The van der Waals surface area contributed by atoms with Crippen LogP contribution in [-0.4, -0.2) is 22.4 Å². The van der Waals surface area contributed by atoms with E-state index in [0.717, 1.165) is 45.6 Å². The maximum Gasteiger partial charge on any atom is 0.159 e. The van der Waals surface area contributed by atoms with Gasteiger partial charge in [0, 0.05) is 35.5 Å². The summed E-state index contributed by atoms with van der Waals surface area (Å²) in [5.41, 5.74) is 5.01. The molecule has 0 N–H and O–H groups in total. The van der Waals surface area contributed by atoms with Crippen LogP contribution >= 0.6 is 0 Å². The second-order valence-electron chi connectivity index (χ2n) is 6.56. The van der Waals surface area contributed by atoms with Crippen molar-refractivity contribution in [1.82, 2.24) is 9.55 Å². The number of pyridine rings is 1. The minimum atomic E-state index is 0.0840. The monoisotopic (exact) mass is 356 g/mol. The van der Waals surface area contributed by atoms with Crippen molar-refractivity contribution < 1.29 is 9.53 Å². The highest BCUT2D eigenvalue weighted by atomic mass is 16.5. The summed E-state index contributed by atoms with van der Waals surface area (Å²) in [5.74, 6) is 0.926. The number of carbonyl (C=O) groups is 1. The van der Waals surface area contributed by atoms with Crippen molar-refractivity contribution in [3.05, 3.63) is 84.2 Å². The molecular formula is C23H20N2O2. The highest BCUT2D eigenvalue weighted by Crippen LogP contribution is 2.25. The Kier molecular flexibility index (Phi) is 4.47. The largest absolute Gasteiger partial charge is 0.497 e. The lowest BCUT2D eigenvalue weighted by molar-refractivity contribution is 0.101. The van der Waals surface area contributed by atoms with Gasteiger partial charge >= 0.3 is 0 Å². The molecule has 0 fully saturated rings. The molecule has 4 heteroatoms. The average Bonchev–Trinajstić information content (AvgIpc) is 3.10. The molecule has 134 valence electrons. The summed E-state index contributed by atoms with van der Waals surface area (Å²) in [5, 5.41) is 1.10. The number of ketones is 1. The second kappa shape index (κ2) is 7.08. The lowest BCUT2D eigenvalue weighted by Gasteiger charge is -2.07. The Morgan fingerprint density at radius 3 is 2.41 bits per heavy atom. The molecule has 0 unspecified atom stereocenters. The van der Waals surface area contributed by atoms with Crippen LogP contribution in [-0.2, 0) is 6.54 Å². The Balaban J connectivity index is 1.61. The molecule has 0 aliphatic heterocycles. The molecule has 0 radical (unpaired) electrons. The number of aromatic nitrogens is 2. The molecule has 0 aliphatic carbocycles. The van der Waals surface area contributed by atoms with Gasteiger partial charge in [-0.3, -0.25) is 4.79 Å². The first-order valence-corrected chi connectivity index (χ1v) is 8.83. The van der Waals surface area contributed by atoms with Gasteiger partial charge in [0.2, 0.25) is 0 Å². The van der Waals surface area contributed by atoms with Gasteiger partial charge in [-0.25, -0.2) is 4.98 Å². The molecular weight excluding hydrogens is 336 g/mol. The summed E-state index contributed by atoms with van der Waals surface area (Å²) in [6.45, 7) is 2.30. The third kappa shape index (κ3) is 3.47. The zero-order valence-corrected chi connectivity index (χ0v) is 15.3. The number of benzene rings is 2. The van der Waals surface area contributed by atoms with Crippen LogP contribution in [0.15, 0.2) is 73.1 Å². The van der Waals surface area contributed by atoms with E-state index < -0.39 is 0 Å². The minimum absolute atomic E-state index is 0.0840. The van der Waals surface area contributed by atoms with E-state index in [1.807, 2.05) is 60.9 Å². The second-order valence-corrected chi connectivity index (χ2v) is 6.56. The van der Waals surface area contributed by atoms with Crippen LogP contribution in [0.2, 0.25) is 0 Å². The summed E-state index contributed by atoms with van der Waals surface area (Å²) in [7, 11) is 1.67. The first-order chi connectivity index (χ1) is 13.1. The lowest BCUT2D eigenvalue weighted by atomic mass is 10.1. The molecule has 2 heterocycles. The fourth-order valence-electron chi connectivity index (χ4n) is 3.19. The molecule has 0 atom stereocenters. The van der Waals surface area contributed by atoms with E-state index in [-0.39, 0.29) is 5.78 Å². The van der Waals surface area contributed by atoms with Gasteiger partial charge in [0.15, 0.2) is 5.78 Å². The molecule has 0 saturated carbocycles. The van der Waals surface area contributed by atoms with E-state index in [1.54, 1.807) is 14.0 Å². The summed E-state index contributed by atoms with van der Waals surface area (Å²) in [6.07, 6.45) is 3.95. The van der Waals surface area contributed by atoms with Crippen molar-refractivity contribution in [2.24, 2.45) is 0 Å². The van der Waals surface area contributed by atoms with Gasteiger partial charge < -0.3 is 9.30 Å². The predicted molar refractivity (Wildman–Crippen MR) is 107 cm³/mol. The summed E-state index contributed by atoms with van der Waals surface area (Å²) >= 11 is 0. The Morgan fingerprint density at radius 1 is 1.00 bits per heavy atom. The van der Waals surface area contributed by atoms with Gasteiger partial charge in [-0.15, -0.1) is 0 Å². The number of hydrogen-bond donors (Lipinski definition) is 0. The Hall–Kier alpha value is -3.40. The first-order valence-electron chi connectivity index (χ1n) is 8.83. The van der Waals surface area contributed by atoms with Crippen molar-refractivity contribution in [1.29, 1.82) is 0 Å². The van der Waals surface area contributed by atoms with Crippen molar-refractivity contribution in [2.45, 2.75) is 13.5 Å². The van der Waals surface area contributed by atoms with E-state index in [9.17, 15) is 4.79 Å². The van der Waals surface area contributed by atoms with Gasteiger partial charge in [-0.1, -0.05) is 36.4 Å². The van der Waals surface area contributed by atoms with Crippen LogP contribution in [0.25, 0.3) is 22.2 Å². The quantitative estimate of drug-likeness (QED) is 0.475. The number of methoxy groups -OCH3 is 1. The van der Waals surface area contributed by atoms with Crippen LogP contribution in [0.5, 0.6) is 5.75 Å². The zero-order valence-electron chi connectivity index (χ0n) is 15.3. The number of rotatable bonds is 5. The molecule has 27 heavy (non-hydrogen) atoms. The van der Waals surface area contributed by atoms with Gasteiger partial charge in [0.1, 0.15) is 11.4 Å². The summed E-state index contributed by atoms with van der Waals surface area (Å²) in [4.78, 5) is 16.1. The van der Waals surface area contributed by atoms with E-state index in [1.165, 1.54) is 0 Å². The summed E-state index contributed by atoms with van der Waals surface area (Å²) in [6, 6.07) is 20.0. The molecule has 0 amide bonds. The SMILES string of the molecule is COc1ccc(-c2cnc3c(ccn3Cc3ccc(C(C)=O)cc3)c2)cc1. The molecule has 0 saturated heterocycles. The minimum Gasteiger partial charge on any atom is -0.497 e. The van der Waals surface area contributed by atoms with Crippen LogP contribution in [0.3, 0.4) is 0 Å². The van der Waals surface area contributed by atoms with Crippen LogP contribution in [0.4, 0.5) is 0 Å². The van der Waals surface area contributed by atoms with Gasteiger partial charge in [0.25, 0.3) is 0 Å². The molecule has 0 aliphatic rings. The maximum atomic E-state index is 11.4. The molecule has 2 aromatic carbocycles. The van der Waals surface area contributed by atoms with E-state index in [2.05, 4.69) is 21.7 Å². The fraction of sp³-hybridized carbons (Fsp3) is 0.130. The van der Waals surface area contributed by atoms with Crippen molar-refractivity contribution in [2.75, 3.05) is 7.11 Å². The van der Waals surface area contributed by atoms with Crippen molar-refractivity contribution >= 4 is 16.8 Å². The number of ether oxygens (including phenoxy) is 1. The molecule has 2 aromatic heterocycles. The molecule has 4 rings (SSSR count). The van der Waals surface area contributed by atoms with Crippen LogP contribution in [0, 0.1) is 0 Å². The Labute approximate surface area is 158 Å². The molecule has 0 bridgehead atoms. The smallest absolute Gasteiger partial charge is 0.159 e. The topological polar surface area (TPSA) is 44.1 Å².